The van der Waals surface area contributed by atoms with Gasteiger partial charge in [-0.05, 0) is 63.0 Å². The second-order valence-electron chi connectivity index (χ2n) is 11.1. The SMILES string of the molecule is c1ccc(-c2ccc3c(-c4ccccc4)nc(-n4c5cc6ccccc6cc5c5c6ccccc6ccc54)nc3c2)cc1. The molecule has 0 fully saturated rings. The molecule has 0 spiro atoms. The lowest BCUT2D eigenvalue weighted by Crippen LogP contribution is -2.03. The number of benzene rings is 7. The van der Waals surface area contributed by atoms with E-state index >= 15 is 0 Å². The summed E-state index contributed by atoms with van der Waals surface area (Å²) >= 11 is 0. The van der Waals surface area contributed by atoms with Crippen LogP contribution in [0.15, 0.2) is 152 Å². The molecule has 0 N–H and O–H groups in total. The average Bonchev–Trinajstić information content (AvgIpc) is 3.40. The van der Waals surface area contributed by atoms with Gasteiger partial charge in [0.25, 0.3) is 0 Å². The Bertz CT molecular complexity index is 2490. The Labute approximate surface area is 248 Å². The fraction of sp³-hybridized carbons (Fsp3) is 0. The van der Waals surface area contributed by atoms with Crippen LogP contribution in [0.3, 0.4) is 0 Å². The summed E-state index contributed by atoms with van der Waals surface area (Å²) < 4.78 is 2.25. The molecule has 0 saturated carbocycles. The Hall–Kier alpha value is -5.80. The first-order chi connectivity index (χ1) is 21.3. The van der Waals surface area contributed by atoms with Crippen LogP contribution in [0.1, 0.15) is 0 Å². The molecule has 0 aliphatic carbocycles. The van der Waals surface area contributed by atoms with Crippen molar-refractivity contribution < 1.29 is 0 Å². The molecule has 0 unspecified atom stereocenters. The van der Waals surface area contributed by atoms with Crippen molar-refractivity contribution in [2.45, 2.75) is 0 Å². The predicted molar refractivity (Wildman–Crippen MR) is 180 cm³/mol. The Kier molecular flexibility index (Phi) is 5.20. The molecule has 3 nitrogen and oxygen atoms in total. The van der Waals surface area contributed by atoms with Crippen molar-refractivity contribution in [3.05, 3.63) is 152 Å². The highest BCUT2D eigenvalue weighted by atomic mass is 15.2. The molecule has 200 valence electrons. The number of hydrogen-bond acceptors (Lipinski definition) is 2. The maximum atomic E-state index is 5.33. The van der Waals surface area contributed by atoms with Crippen molar-refractivity contribution in [3.8, 4) is 28.3 Å². The van der Waals surface area contributed by atoms with Crippen molar-refractivity contribution in [2.75, 3.05) is 0 Å². The summed E-state index contributed by atoms with van der Waals surface area (Å²) in [6.45, 7) is 0. The van der Waals surface area contributed by atoms with Gasteiger partial charge >= 0.3 is 0 Å². The minimum atomic E-state index is 0.669. The summed E-state index contributed by atoms with van der Waals surface area (Å²) in [4.78, 5) is 10.6. The molecule has 43 heavy (non-hydrogen) atoms. The van der Waals surface area contributed by atoms with Gasteiger partial charge in [0.05, 0.1) is 22.2 Å². The summed E-state index contributed by atoms with van der Waals surface area (Å²) in [5.41, 5.74) is 7.42. The van der Waals surface area contributed by atoms with Gasteiger partial charge in [0.15, 0.2) is 0 Å². The third-order valence-electron chi connectivity index (χ3n) is 8.56. The number of aromatic nitrogens is 3. The maximum absolute atomic E-state index is 5.33. The van der Waals surface area contributed by atoms with E-state index in [1.807, 2.05) is 12.1 Å². The molecule has 0 atom stereocenters. The van der Waals surface area contributed by atoms with Gasteiger partial charge in [-0.2, -0.15) is 0 Å². The minimum absolute atomic E-state index is 0.669. The molecular weight excluding hydrogens is 522 g/mol. The minimum Gasteiger partial charge on any atom is -0.278 e. The van der Waals surface area contributed by atoms with Gasteiger partial charge in [-0.15, -0.1) is 0 Å². The van der Waals surface area contributed by atoms with Crippen LogP contribution in [0.4, 0.5) is 0 Å². The molecule has 9 aromatic rings. The number of rotatable bonds is 3. The second-order valence-corrected chi connectivity index (χ2v) is 11.1. The second kappa shape index (κ2) is 9.37. The zero-order valence-corrected chi connectivity index (χ0v) is 23.3. The lowest BCUT2D eigenvalue weighted by atomic mass is 10.0. The molecule has 0 aliphatic rings. The van der Waals surface area contributed by atoms with E-state index in [4.69, 9.17) is 9.97 Å². The van der Waals surface area contributed by atoms with Gasteiger partial charge in [0, 0.05) is 21.7 Å². The molecule has 7 aromatic carbocycles. The number of fused-ring (bicyclic) bond motifs is 7. The van der Waals surface area contributed by atoms with E-state index in [0.29, 0.717) is 5.95 Å². The highest BCUT2D eigenvalue weighted by molar-refractivity contribution is 6.23. The standard InChI is InChI=1S/C40H25N3/c1-3-11-26(12-4-1)31-19-21-33-35(24-31)41-40(42-39(33)28-14-5-2-6-15-28)43-36-22-20-27-13-9-10-18-32(27)38(36)34-23-29-16-7-8-17-30(29)25-37(34)43/h1-25H. The van der Waals surface area contributed by atoms with Crippen molar-refractivity contribution in [1.82, 2.24) is 14.5 Å². The summed E-state index contributed by atoms with van der Waals surface area (Å²) in [6, 6.07) is 53.7. The predicted octanol–water partition coefficient (Wildman–Crippen LogP) is 10.4. The van der Waals surface area contributed by atoms with Crippen LogP contribution in [0.5, 0.6) is 0 Å². The largest absolute Gasteiger partial charge is 0.278 e. The fourth-order valence-corrected chi connectivity index (χ4v) is 6.53. The smallest absolute Gasteiger partial charge is 0.235 e. The van der Waals surface area contributed by atoms with Crippen molar-refractivity contribution >= 4 is 54.3 Å². The Morgan fingerprint density at radius 3 is 1.86 bits per heavy atom. The van der Waals surface area contributed by atoms with Crippen molar-refractivity contribution in [2.24, 2.45) is 0 Å². The van der Waals surface area contributed by atoms with Gasteiger partial charge < -0.3 is 0 Å². The Morgan fingerprint density at radius 1 is 0.395 bits per heavy atom. The molecule has 2 heterocycles. The van der Waals surface area contributed by atoms with E-state index in [1.54, 1.807) is 0 Å². The third-order valence-corrected chi connectivity index (χ3v) is 8.56. The van der Waals surface area contributed by atoms with Crippen LogP contribution < -0.4 is 0 Å². The normalized spacial score (nSPS) is 11.7. The van der Waals surface area contributed by atoms with E-state index in [1.165, 1.54) is 37.9 Å². The van der Waals surface area contributed by atoms with Crippen LogP contribution in [0.2, 0.25) is 0 Å². The van der Waals surface area contributed by atoms with Gasteiger partial charge in [0.2, 0.25) is 5.95 Å². The van der Waals surface area contributed by atoms with Crippen molar-refractivity contribution in [3.63, 3.8) is 0 Å². The molecule has 0 aliphatic heterocycles. The van der Waals surface area contributed by atoms with Gasteiger partial charge in [-0.25, -0.2) is 9.97 Å². The molecule has 0 bridgehead atoms. The van der Waals surface area contributed by atoms with Crippen LogP contribution >= 0.6 is 0 Å². The van der Waals surface area contributed by atoms with Crippen LogP contribution in [-0.2, 0) is 0 Å². The Morgan fingerprint density at radius 2 is 1.07 bits per heavy atom. The summed E-state index contributed by atoms with van der Waals surface area (Å²) in [6.07, 6.45) is 0. The fourth-order valence-electron chi connectivity index (χ4n) is 6.53. The monoisotopic (exact) mass is 547 g/mol. The third kappa shape index (κ3) is 3.75. The van der Waals surface area contributed by atoms with Crippen LogP contribution in [0.25, 0.3) is 82.6 Å². The summed E-state index contributed by atoms with van der Waals surface area (Å²) in [7, 11) is 0. The molecule has 9 rings (SSSR count). The number of nitrogens with zero attached hydrogens (tertiary/aromatic N) is 3. The first kappa shape index (κ1) is 23.9. The maximum Gasteiger partial charge on any atom is 0.235 e. The number of hydrogen-bond donors (Lipinski definition) is 0. The highest BCUT2D eigenvalue weighted by Gasteiger charge is 2.19. The summed E-state index contributed by atoms with van der Waals surface area (Å²) in [5.74, 6) is 0.669. The molecular formula is C40H25N3. The zero-order chi connectivity index (χ0) is 28.3. The van der Waals surface area contributed by atoms with E-state index < -0.39 is 0 Å². The van der Waals surface area contributed by atoms with E-state index in [-0.39, 0.29) is 0 Å². The molecule has 0 saturated heterocycles. The Balaban J connectivity index is 1.43. The first-order valence-corrected chi connectivity index (χ1v) is 14.6. The molecule has 3 heteroatoms. The zero-order valence-electron chi connectivity index (χ0n) is 23.3. The average molecular weight is 548 g/mol. The van der Waals surface area contributed by atoms with Gasteiger partial charge in [-0.1, -0.05) is 121 Å². The summed E-state index contributed by atoms with van der Waals surface area (Å²) in [5, 5.41) is 8.33. The van der Waals surface area contributed by atoms with Crippen LogP contribution in [0, 0.1) is 0 Å². The first-order valence-electron chi connectivity index (χ1n) is 14.6. The van der Waals surface area contributed by atoms with Crippen LogP contribution in [-0.4, -0.2) is 14.5 Å². The van der Waals surface area contributed by atoms with E-state index in [9.17, 15) is 0 Å². The highest BCUT2D eigenvalue weighted by Crippen LogP contribution is 2.39. The van der Waals surface area contributed by atoms with E-state index in [0.717, 1.165) is 38.8 Å². The van der Waals surface area contributed by atoms with Crippen molar-refractivity contribution in [1.29, 1.82) is 0 Å². The quantitative estimate of drug-likeness (QED) is 0.220. The van der Waals surface area contributed by atoms with Gasteiger partial charge in [-0.3, -0.25) is 4.57 Å². The molecule has 2 aromatic heterocycles. The molecule has 0 radical (unpaired) electrons. The topological polar surface area (TPSA) is 30.7 Å². The lowest BCUT2D eigenvalue weighted by molar-refractivity contribution is 1.01. The molecule has 0 amide bonds. The lowest BCUT2D eigenvalue weighted by Gasteiger charge is -2.13. The van der Waals surface area contributed by atoms with E-state index in [2.05, 4.69) is 144 Å². The van der Waals surface area contributed by atoms with Gasteiger partial charge in [0.1, 0.15) is 0 Å².